The lowest BCUT2D eigenvalue weighted by Crippen LogP contribution is -2.67. The van der Waals surface area contributed by atoms with Gasteiger partial charge in [-0.1, -0.05) is 0 Å². The fraction of sp³-hybridized carbons (Fsp3) is 0.385. The summed E-state index contributed by atoms with van der Waals surface area (Å²) in [5.74, 6) is -2.23. The maximum atomic E-state index is 13.3. The molecule has 1 unspecified atom stereocenters. The van der Waals surface area contributed by atoms with E-state index in [9.17, 15) is 14.0 Å². The zero-order chi connectivity index (χ0) is 14.2. The van der Waals surface area contributed by atoms with Crippen LogP contribution in [0.2, 0.25) is 0 Å². The van der Waals surface area contributed by atoms with Crippen molar-refractivity contribution < 1.29 is 23.8 Å². The standard InChI is InChI=1S/C13H14FNO4/c1-7(14)10-11(13(17)18)15(12(10)16)8-3-5-9(19-2)6-4-8/h3-7,10-11H,1-2H3,(H,17,18)/t7?,10-,11+/m1/s1. The summed E-state index contributed by atoms with van der Waals surface area (Å²) in [6, 6.07) is 5.24. The summed E-state index contributed by atoms with van der Waals surface area (Å²) in [7, 11) is 1.50. The molecule has 1 aliphatic heterocycles. The number of halogens is 1. The molecule has 1 N–H and O–H groups in total. The Morgan fingerprint density at radius 1 is 1.42 bits per heavy atom. The Morgan fingerprint density at radius 3 is 2.42 bits per heavy atom. The van der Waals surface area contributed by atoms with E-state index >= 15 is 0 Å². The highest BCUT2D eigenvalue weighted by atomic mass is 19.1. The number of rotatable bonds is 4. The van der Waals surface area contributed by atoms with Crippen molar-refractivity contribution in [1.82, 2.24) is 0 Å². The van der Waals surface area contributed by atoms with Crippen molar-refractivity contribution in [3.63, 3.8) is 0 Å². The van der Waals surface area contributed by atoms with Crippen LogP contribution in [0.25, 0.3) is 0 Å². The number of methoxy groups -OCH3 is 1. The van der Waals surface area contributed by atoms with E-state index in [1.54, 1.807) is 24.3 Å². The van der Waals surface area contributed by atoms with Crippen LogP contribution in [-0.2, 0) is 9.59 Å². The number of hydrogen-bond acceptors (Lipinski definition) is 3. The Kier molecular flexibility index (Phi) is 3.42. The maximum absolute atomic E-state index is 13.3. The predicted molar refractivity (Wildman–Crippen MR) is 66.0 cm³/mol. The molecule has 5 nitrogen and oxygen atoms in total. The summed E-state index contributed by atoms with van der Waals surface area (Å²) in [5.41, 5.74) is 0.426. The number of carbonyl (C=O) groups is 2. The third kappa shape index (κ3) is 2.14. The number of carbonyl (C=O) groups excluding carboxylic acids is 1. The van der Waals surface area contributed by atoms with Crippen LogP contribution in [0.15, 0.2) is 24.3 Å². The summed E-state index contributed by atoms with van der Waals surface area (Å²) in [5, 5.41) is 9.12. The van der Waals surface area contributed by atoms with Gasteiger partial charge in [-0.2, -0.15) is 0 Å². The highest BCUT2D eigenvalue weighted by Crippen LogP contribution is 2.36. The van der Waals surface area contributed by atoms with E-state index in [0.29, 0.717) is 11.4 Å². The van der Waals surface area contributed by atoms with Gasteiger partial charge in [-0.25, -0.2) is 9.18 Å². The number of benzene rings is 1. The van der Waals surface area contributed by atoms with E-state index in [4.69, 9.17) is 9.84 Å². The number of carboxylic acid groups (broad SMARTS) is 1. The number of ether oxygens (including phenoxy) is 1. The molecule has 0 aromatic heterocycles. The van der Waals surface area contributed by atoms with Crippen molar-refractivity contribution in [2.75, 3.05) is 12.0 Å². The van der Waals surface area contributed by atoms with Gasteiger partial charge in [0.25, 0.3) is 0 Å². The van der Waals surface area contributed by atoms with Gasteiger partial charge in [0.2, 0.25) is 5.91 Å². The topological polar surface area (TPSA) is 66.8 Å². The number of anilines is 1. The predicted octanol–water partition coefficient (Wildman–Crippen LogP) is 1.47. The van der Waals surface area contributed by atoms with Gasteiger partial charge in [0.1, 0.15) is 23.9 Å². The molecule has 1 amide bonds. The molecule has 1 heterocycles. The molecule has 1 fully saturated rings. The Morgan fingerprint density at radius 2 is 2.00 bits per heavy atom. The Labute approximate surface area is 109 Å². The lowest BCUT2D eigenvalue weighted by atomic mass is 9.83. The summed E-state index contributed by atoms with van der Waals surface area (Å²) in [6.07, 6.45) is -1.48. The van der Waals surface area contributed by atoms with Crippen molar-refractivity contribution in [1.29, 1.82) is 0 Å². The van der Waals surface area contributed by atoms with E-state index in [1.165, 1.54) is 14.0 Å². The van der Waals surface area contributed by atoms with E-state index in [-0.39, 0.29) is 0 Å². The molecule has 0 aliphatic carbocycles. The molecule has 1 aromatic rings. The van der Waals surface area contributed by atoms with Gasteiger partial charge < -0.3 is 9.84 Å². The fourth-order valence-electron chi connectivity index (χ4n) is 2.25. The summed E-state index contributed by atoms with van der Waals surface area (Å²) in [6.45, 7) is 1.20. The van der Waals surface area contributed by atoms with Crippen LogP contribution in [0.3, 0.4) is 0 Å². The Balaban J connectivity index is 2.28. The SMILES string of the molecule is COc1ccc(N2C(=O)[C@H](C(C)F)[C@H]2C(=O)O)cc1. The average Bonchev–Trinajstić information content (AvgIpc) is 2.35. The summed E-state index contributed by atoms with van der Waals surface area (Å²) >= 11 is 0. The molecule has 2 rings (SSSR count). The Bertz CT molecular complexity index is 500. The molecule has 6 heteroatoms. The first-order chi connectivity index (χ1) is 8.97. The highest BCUT2D eigenvalue weighted by molar-refractivity contribution is 6.10. The van der Waals surface area contributed by atoms with Crippen LogP contribution in [0.1, 0.15) is 6.92 Å². The van der Waals surface area contributed by atoms with Gasteiger partial charge >= 0.3 is 5.97 Å². The molecule has 0 saturated carbocycles. The number of alkyl halides is 1. The van der Waals surface area contributed by atoms with E-state index < -0.39 is 30.0 Å². The average molecular weight is 267 g/mol. The van der Waals surface area contributed by atoms with E-state index in [0.717, 1.165) is 4.90 Å². The van der Waals surface area contributed by atoms with Gasteiger partial charge in [0.15, 0.2) is 0 Å². The number of hydrogen-bond donors (Lipinski definition) is 1. The molecule has 0 bridgehead atoms. The zero-order valence-electron chi connectivity index (χ0n) is 10.5. The van der Waals surface area contributed by atoms with Crippen LogP contribution < -0.4 is 9.64 Å². The largest absolute Gasteiger partial charge is 0.497 e. The molecule has 19 heavy (non-hydrogen) atoms. The zero-order valence-corrected chi connectivity index (χ0v) is 10.5. The van der Waals surface area contributed by atoms with E-state index in [2.05, 4.69) is 0 Å². The van der Waals surface area contributed by atoms with Gasteiger partial charge in [-0.3, -0.25) is 9.69 Å². The van der Waals surface area contributed by atoms with Crippen LogP contribution in [0.4, 0.5) is 10.1 Å². The lowest BCUT2D eigenvalue weighted by molar-refractivity contribution is -0.151. The smallest absolute Gasteiger partial charge is 0.327 e. The number of amides is 1. The van der Waals surface area contributed by atoms with E-state index in [1.807, 2.05) is 0 Å². The number of nitrogens with zero attached hydrogens (tertiary/aromatic N) is 1. The molecule has 1 aromatic carbocycles. The van der Waals surface area contributed by atoms with Gasteiger partial charge in [-0.15, -0.1) is 0 Å². The van der Waals surface area contributed by atoms with Gasteiger partial charge in [-0.05, 0) is 31.2 Å². The van der Waals surface area contributed by atoms with Crippen molar-refractivity contribution in [3.8, 4) is 5.75 Å². The van der Waals surface area contributed by atoms with Crippen LogP contribution >= 0.6 is 0 Å². The minimum atomic E-state index is -1.48. The van der Waals surface area contributed by atoms with Crippen molar-refractivity contribution in [2.24, 2.45) is 5.92 Å². The lowest BCUT2D eigenvalue weighted by Gasteiger charge is -2.45. The minimum Gasteiger partial charge on any atom is -0.497 e. The van der Waals surface area contributed by atoms with Gasteiger partial charge in [0.05, 0.1) is 7.11 Å². The van der Waals surface area contributed by atoms with Gasteiger partial charge in [0, 0.05) is 5.69 Å². The molecular formula is C13H14FNO4. The quantitative estimate of drug-likeness (QED) is 0.839. The van der Waals surface area contributed by atoms with Crippen molar-refractivity contribution in [2.45, 2.75) is 19.1 Å². The van der Waals surface area contributed by atoms with Crippen LogP contribution in [0.5, 0.6) is 5.75 Å². The molecule has 1 saturated heterocycles. The molecule has 3 atom stereocenters. The first kappa shape index (κ1) is 13.3. The first-order valence-electron chi connectivity index (χ1n) is 5.81. The van der Waals surface area contributed by atoms with Crippen molar-refractivity contribution >= 4 is 17.6 Å². The Hall–Kier alpha value is -2.11. The number of aliphatic carboxylic acids is 1. The third-order valence-corrected chi connectivity index (χ3v) is 3.24. The molecule has 0 spiro atoms. The second kappa shape index (κ2) is 4.87. The molecule has 1 aliphatic rings. The summed E-state index contributed by atoms with van der Waals surface area (Å²) < 4.78 is 18.3. The molecular weight excluding hydrogens is 253 g/mol. The maximum Gasteiger partial charge on any atom is 0.327 e. The molecule has 0 radical (unpaired) electrons. The third-order valence-electron chi connectivity index (χ3n) is 3.24. The fourth-order valence-corrected chi connectivity index (χ4v) is 2.25. The number of carboxylic acids is 1. The van der Waals surface area contributed by atoms with Crippen LogP contribution in [0, 0.1) is 5.92 Å². The summed E-state index contributed by atoms with van der Waals surface area (Å²) in [4.78, 5) is 24.1. The second-order valence-electron chi connectivity index (χ2n) is 4.39. The van der Waals surface area contributed by atoms with Crippen molar-refractivity contribution in [3.05, 3.63) is 24.3 Å². The van der Waals surface area contributed by atoms with Crippen LogP contribution in [-0.4, -0.2) is 36.3 Å². The minimum absolute atomic E-state index is 0.426. The first-order valence-corrected chi connectivity index (χ1v) is 5.81. The monoisotopic (exact) mass is 267 g/mol. The second-order valence-corrected chi connectivity index (χ2v) is 4.39. The number of β-lactam (4-membered cyclic amide) rings is 1. The molecule has 102 valence electrons. The normalized spacial score (nSPS) is 23.7. The highest BCUT2D eigenvalue weighted by Gasteiger charge is 2.55.